The zero-order chi connectivity index (χ0) is 14.3. The molecule has 1 aliphatic heterocycles. The minimum Gasteiger partial charge on any atom is -0.326 e. The highest BCUT2D eigenvalue weighted by Crippen LogP contribution is 2.48. The zero-order valence-corrected chi connectivity index (χ0v) is 12.7. The molecule has 3 rings (SSSR count). The van der Waals surface area contributed by atoms with Crippen LogP contribution in [0, 0.1) is 19.3 Å². The van der Waals surface area contributed by atoms with Crippen LogP contribution in [-0.2, 0) is 17.8 Å². The molecule has 0 spiro atoms. The smallest absolute Gasteiger partial charge is 0.224 e. The van der Waals surface area contributed by atoms with Crippen molar-refractivity contribution in [2.75, 3.05) is 11.9 Å². The molecule has 1 saturated carbocycles. The Hall–Kier alpha value is -1.35. The van der Waals surface area contributed by atoms with Crippen molar-refractivity contribution in [2.24, 2.45) is 5.41 Å². The first-order valence-electron chi connectivity index (χ1n) is 7.61. The van der Waals surface area contributed by atoms with Gasteiger partial charge in [-0.15, -0.1) is 0 Å². The van der Waals surface area contributed by atoms with Gasteiger partial charge in [0.15, 0.2) is 0 Å². The first-order valence-corrected chi connectivity index (χ1v) is 7.61. The van der Waals surface area contributed by atoms with E-state index < -0.39 is 0 Å². The van der Waals surface area contributed by atoms with E-state index in [4.69, 9.17) is 0 Å². The number of carbonyl (C=O) groups excluding carboxylic acids is 1. The molecule has 1 aromatic carbocycles. The van der Waals surface area contributed by atoms with Crippen LogP contribution in [0.3, 0.4) is 0 Å². The van der Waals surface area contributed by atoms with Gasteiger partial charge >= 0.3 is 0 Å². The molecular formula is C17H24N2O. The van der Waals surface area contributed by atoms with Crippen LogP contribution in [0.15, 0.2) is 6.07 Å². The fourth-order valence-electron chi connectivity index (χ4n) is 3.20. The van der Waals surface area contributed by atoms with Crippen LogP contribution in [0.2, 0.25) is 0 Å². The molecule has 20 heavy (non-hydrogen) atoms. The summed E-state index contributed by atoms with van der Waals surface area (Å²) in [5.74, 6) is 0.171. The van der Waals surface area contributed by atoms with Crippen LogP contribution in [0.1, 0.15) is 48.4 Å². The van der Waals surface area contributed by atoms with Crippen molar-refractivity contribution < 1.29 is 4.79 Å². The lowest BCUT2D eigenvalue weighted by atomic mass is 9.92. The average molecular weight is 272 g/mol. The molecule has 3 heteroatoms. The Labute approximate surface area is 121 Å². The van der Waals surface area contributed by atoms with Gasteiger partial charge in [-0.3, -0.25) is 4.79 Å². The van der Waals surface area contributed by atoms with Crippen molar-refractivity contribution in [1.82, 2.24) is 5.32 Å². The lowest BCUT2D eigenvalue weighted by Crippen LogP contribution is -2.25. The molecule has 0 unspecified atom stereocenters. The largest absolute Gasteiger partial charge is 0.326 e. The van der Waals surface area contributed by atoms with Crippen LogP contribution in [0.25, 0.3) is 0 Å². The fraction of sp³-hybridized carbons (Fsp3) is 0.588. The molecule has 2 N–H and O–H groups in total. The first-order chi connectivity index (χ1) is 9.48. The number of rotatable bonds is 3. The quantitative estimate of drug-likeness (QED) is 0.888. The van der Waals surface area contributed by atoms with Crippen molar-refractivity contribution in [1.29, 1.82) is 0 Å². The van der Waals surface area contributed by atoms with E-state index in [9.17, 15) is 4.79 Å². The Balaban J connectivity index is 1.83. The number of hydrogen-bond acceptors (Lipinski definition) is 2. The number of anilines is 1. The monoisotopic (exact) mass is 272 g/mol. The van der Waals surface area contributed by atoms with Gasteiger partial charge in [0.2, 0.25) is 5.91 Å². The number of aryl methyl sites for hydroxylation is 1. The third kappa shape index (κ3) is 2.59. The fourth-order valence-corrected chi connectivity index (χ4v) is 3.20. The highest BCUT2D eigenvalue weighted by molar-refractivity contribution is 5.93. The van der Waals surface area contributed by atoms with Gasteiger partial charge in [0.25, 0.3) is 0 Å². The van der Waals surface area contributed by atoms with E-state index in [1.54, 1.807) is 0 Å². The molecule has 0 aromatic heterocycles. The van der Waals surface area contributed by atoms with E-state index in [1.165, 1.54) is 35.1 Å². The van der Waals surface area contributed by atoms with Gasteiger partial charge in [-0.05, 0) is 67.3 Å². The number of nitrogens with one attached hydrogen (secondary N) is 2. The molecule has 3 nitrogen and oxygen atoms in total. The molecular weight excluding hydrogens is 248 g/mol. The minimum atomic E-state index is 0.171. The third-order valence-corrected chi connectivity index (χ3v) is 4.82. The van der Waals surface area contributed by atoms with Crippen molar-refractivity contribution in [3.05, 3.63) is 28.3 Å². The van der Waals surface area contributed by atoms with E-state index in [1.807, 2.05) is 0 Å². The predicted molar refractivity (Wildman–Crippen MR) is 81.9 cm³/mol. The summed E-state index contributed by atoms with van der Waals surface area (Å²) in [5.41, 5.74) is 6.56. The molecule has 1 aromatic rings. The molecule has 0 radical (unpaired) electrons. The summed E-state index contributed by atoms with van der Waals surface area (Å²) in [4.78, 5) is 12.2. The summed E-state index contributed by atoms with van der Waals surface area (Å²) >= 11 is 0. The van der Waals surface area contributed by atoms with Crippen molar-refractivity contribution in [3.8, 4) is 0 Å². The molecule has 0 atom stereocenters. The Kier molecular flexibility index (Phi) is 3.33. The first kappa shape index (κ1) is 13.6. The summed E-state index contributed by atoms with van der Waals surface area (Å²) in [6, 6.07) is 2.23. The topological polar surface area (TPSA) is 41.1 Å². The predicted octanol–water partition coefficient (Wildman–Crippen LogP) is 3.08. The molecule has 0 saturated heterocycles. The third-order valence-electron chi connectivity index (χ3n) is 4.82. The van der Waals surface area contributed by atoms with E-state index in [0.717, 1.165) is 25.2 Å². The van der Waals surface area contributed by atoms with Gasteiger partial charge < -0.3 is 10.6 Å². The molecule has 0 bridgehead atoms. The highest BCUT2D eigenvalue weighted by Gasteiger charge is 2.39. The van der Waals surface area contributed by atoms with Crippen LogP contribution in [0.5, 0.6) is 0 Å². The van der Waals surface area contributed by atoms with E-state index >= 15 is 0 Å². The summed E-state index contributed by atoms with van der Waals surface area (Å²) in [7, 11) is 0. The zero-order valence-electron chi connectivity index (χ0n) is 12.7. The van der Waals surface area contributed by atoms with Gasteiger partial charge in [0, 0.05) is 18.7 Å². The molecule has 1 aliphatic carbocycles. The molecule has 1 fully saturated rings. The van der Waals surface area contributed by atoms with E-state index in [2.05, 4.69) is 37.5 Å². The number of fused-ring (bicyclic) bond motifs is 1. The maximum Gasteiger partial charge on any atom is 0.224 e. The van der Waals surface area contributed by atoms with Crippen LogP contribution in [0.4, 0.5) is 5.69 Å². The standard InChI is InChI=1S/C17H24N2O/c1-11-8-13-10-18-7-4-14(13)12(2)16(11)19-15(20)9-17(3)5-6-17/h8,18H,4-7,9-10H2,1-3H3,(H,19,20). The van der Waals surface area contributed by atoms with E-state index in [-0.39, 0.29) is 11.3 Å². The second kappa shape index (κ2) is 4.88. The van der Waals surface area contributed by atoms with Gasteiger partial charge in [-0.1, -0.05) is 13.0 Å². The Bertz CT molecular complexity index is 559. The molecule has 108 valence electrons. The summed E-state index contributed by atoms with van der Waals surface area (Å²) in [6.45, 7) is 8.42. The Morgan fingerprint density at radius 3 is 2.85 bits per heavy atom. The van der Waals surface area contributed by atoms with Crippen LogP contribution >= 0.6 is 0 Å². The lowest BCUT2D eigenvalue weighted by molar-refractivity contribution is -0.117. The van der Waals surface area contributed by atoms with Gasteiger partial charge in [-0.25, -0.2) is 0 Å². The highest BCUT2D eigenvalue weighted by atomic mass is 16.1. The van der Waals surface area contributed by atoms with Crippen molar-refractivity contribution in [2.45, 2.75) is 53.0 Å². The maximum absolute atomic E-state index is 12.2. The Morgan fingerprint density at radius 1 is 1.40 bits per heavy atom. The average Bonchev–Trinajstić information content (AvgIpc) is 3.12. The van der Waals surface area contributed by atoms with Crippen molar-refractivity contribution >= 4 is 11.6 Å². The number of amides is 1. The second-order valence-corrected chi connectivity index (χ2v) is 6.79. The summed E-state index contributed by atoms with van der Waals surface area (Å²) < 4.78 is 0. The van der Waals surface area contributed by atoms with Crippen molar-refractivity contribution in [3.63, 3.8) is 0 Å². The van der Waals surface area contributed by atoms with Crippen LogP contribution < -0.4 is 10.6 Å². The normalized spacial score (nSPS) is 19.4. The lowest BCUT2D eigenvalue weighted by Gasteiger charge is -2.23. The number of carbonyl (C=O) groups is 1. The maximum atomic E-state index is 12.2. The SMILES string of the molecule is Cc1cc2c(c(C)c1NC(=O)CC1(C)CC1)CCNC2. The van der Waals surface area contributed by atoms with Gasteiger partial charge in [-0.2, -0.15) is 0 Å². The molecule has 1 heterocycles. The number of benzene rings is 1. The second-order valence-electron chi connectivity index (χ2n) is 6.79. The summed E-state index contributed by atoms with van der Waals surface area (Å²) in [5, 5.41) is 6.57. The van der Waals surface area contributed by atoms with E-state index in [0.29, 0.717) is 6.42 Å². The number of hydrogen-bond donors (Lipinski definition) is 2. The van der Waals surface area contributed by atoms with Gasteiger partial charge in [0.1, 0.15) is 0 Å². The summed E-state index contributed by atoms with van der Waals surface area (Å²) in [6.07, 6.45) is 4.09. The minimum absolute atomic E-state index is 0.171. The van der Waals surface area contributed by atoms with Gasteiger partial charge in [0.05, 0.1) is 0 Å². The molecule has 1 amide bonds. The Morgan fingerprint density at radius 2 is 2.15 bits per heavy atom. The van der Waals surface area contributed by atoms with Crippen LogP contribution in [-0.4, -0.2) is 12.5 Å². The molecule has 2 aliphatic rings.